The predicted octanol–water partition coefficient (Wildman–Crippen LogP) is 2.32. The van der Waals surface area contributed by atoms with Crippen LogP contribution in [-0.4, -0.2) is 25.0 Å². The van der Waals surface area contributed by atoms with Gasteiger partial charge in [-0.15, -0.1) is 0 Å². The highest BCUT2D eigenvalue weighted by atomic mass is 16.2. The number of carbonyl (C=O) groups is 1. The molecule has 2 aromatic carbocycles. The normalized spacial score (nSPS) is 17.0. The van der Waals surface area contributed by atoms with E-state index in [1.807, 2.05) is 43.3 Å². The molecule has 0 saturated heterocycles. The Hall–Kier alpha value is -2.33. The van der Waals surface area contributed by atoms with Gasteiger partial charge in [-0.3, -0.25) is 4.79 Å². The number of benzene rings is 2. The van der Waals surface area contributed by atoms with Crippen molar-refractivity contribution in [2.75, 3.05) is 23.3 Å². The SMILES string of the molecule is Cc1cccc(NC(=O)CN2CC(N)Cc3ccccc32)c1. The number of hydrogen-bond acceptors (Lipinski definition) is 3. The summed E-state index contributed by atoms with van der Waals surface area (Å²) in [4.78, 5) is 14.4. The Morgan fingerprint density at radius 3 is 2.91 bits per heavy atom. The maximum atomic E-state index is 12.3. The largest absolute Gasteiger partial charge is 0.360 e. The molecule has 0 fully saturated rings. The summed E-state index contributed by atoms with van der Waals surface area (Å²) in [6.45, 7) is 3.03. The topological polar surface area (TPSA) is 58.4 Å². The van der Waals surface area contributed by atoms with Crippen LogP contribution in [0.15, 0.2) is 48.5 Å². The van der Waals surface area contributed by atoms with Gasteiger partial charge in [0, 0.05) is 24.0 Å². The van der Waals surface area contributed by atoms with E-state index in [0.717, 1.165) is 23.4 Å². The smallest absolute Gasteiger partial charge is 0.243 e. The van der Waals surface area contributed by atoms with Crippen LogP contribution in [0.1, 0.15) is 11.1 Å². The lowest BCUT2D eigenvalue weighted by atomic mass is 9.98. The molecule has 4 heteroatoms. The van der Waals surface area contributed by atoms with E-state index in [1.54, 1.807) is 0 Å². The molecule has 0 aliphatic carbocycles. The minimum absolute atomic E-state index is 0.0190. The Kier molecular flexibility index (Phi) is 4.11. The van der Waals surface area contributed by atoms with E-state index in [2.05, 4.69) is 22.3 Å². The standard InChI is InChI=1S/C18H21N3O/c1-13-5-4-7-16(9-13)20-18(22)12-21-11-15(19)10-14-6-2-3-8-17(14)21/h2-9,15H,10-12,19H2,1H3,(H,20,22). The fourth-order valence-corrected chi connectivity index (χ4v) is 2.97. The van der Waals surface area contributed by atoms with Crippen molar-refractivity contribution < 1.29 is 4.79 Å². The lowest BCUT2D eigenvalue weighted by molar-refractivity contribution is -0.115. The van der Waals surface area contributed by atoms with Crippen molar-refractivity contribution in [3.05, 3.63) is 59.7 Å². The third-order valence-corrected chi connectivity index (χ3v) is 3.91. The third-order valence-electron chi connectivity index (χ3n) is 3.91. The van der Waals surface area contributed by atoms with Crippen molar-refractivity contribution in [3.63, 3.8) is 0 Å². The van der Waals surface area contributed by atoms with Gasteiger partial charge in [0.25, 0.3) is 0 Å². The number of fused-ring (bicyclic) bond motifs is 1. The first-order chi connectivity index (χ1) is 10.6. The molecule has 3 N–H and O–H groups in total. The lowest BCUT2D eigenvalue weighted by Gasteiger charge is -2.34. The highest BCUT2D eigenvalue weighted by Gasteiger charge is 2.23. The molecule has 3 rings (SSSR count). The predicted molar refractivity (Wildman–Crippen MR) is 90.1 cm³/mol. The number of nitrogens with zero attached hydrogens (tertiary/aromatic N) is 1. The number of nitrogens with one attached hydrogen (secondary N) is 1. The van der Waals surface area contributed by atoms with Gasteiger partial charge in [0.2, 0.25) is 5.91 Å². The van der Waals surface area contributed by atoms with E-state index in [1.165, 1.54) is 5.56 Å². The van der Waals surface area contributed by atoms with E-state index in [0.29, 0.717) is 13.1 Å². The monoisotopic (exact) mass is 295 g/mol. The second-order valence-electron chi connectivity index (χ2n) is 5.89. The number of nitrogens with two attached hydrogens (primary N) is 1. The molecular formula is C18H21N3O. The maximum Gasteiger partial charge on any atom is 0.243 e. The fraction of sp³-hybridized carbons (Fsp3) is 0.278. The van der Waals surface area contributed by atoms with Crippen LogP contribution in [0.3, 0.4) is 0 Å². The molecule has 1 unspecified atom stereocenters. The van der Waals surface area contributed by atoms with Gasteiger partial charge in [-0.1, -0.05) is 30.3 Å². The zero-order chi connectivity index (χ0) is 15.5. The zero-order valence-electron chi connectivity index (χ0n) is 12.8. The van der Waals surface area contributed by atoms with Crippen molar-refractivity contribution in [2.45, 2.75) is 19.4 Å². The van der Waals surface area contributed by atoms with E-state index < -0.39 is 0 Å². The first-order valence-electron chi connectivity index (χ1n) is 7.57. The molecule has 1 amide bonds. The Labute approximate surface area is 130 Å². The molecule has 1 aliphatic heterocycles. The van der Waals surface area contributed by atoms with Crippen LogP contribution in [0.25, 0.3) is 0 Å². The second-order valence-corrected chi connectivity index (χ2v) is 5.89. The second kappa shape index (κ2) is 6.20. The average molecular weight is 295 g/mol. The van der Waals surface area contributed by atoms with Crippen molar-refractivity contribution in [3.8, 4) is 0 Å². The molecule has 4 nitrogen and oxygen atoms in total. The van der Waals surface area contributed by atoms with Crippen LogP contribution >= 0.6 is 0 Å². The summed E-state index contributed by atoms with van der Waals surface area (Å²) < 4.78 is 0. The molecular weight excluding hydrogens is 274 g/mol. The summed E-state index contributed by atoms with van der Waals surface area (Å²) >= 11 is 0. The Morgan fingerprint density at radius 2 is 2.09 bits per heavy atom. The molecule has 1 atom stereocenters. The average Bonchev–Trinajstić information content (AvgIpc) is 2.47. The number of carbonyl (C=O) groups excluding carboxylic acids is 1. The molecule has 0 aromatic heterocycles. The molecule has 0 radical (unpaired) electrons. The number of anilines is 2. The fourth-order valence-electron chi connectivity index (χ4n) is 2.97. The van der Waals surface area contributed by atoms with Gasteiger partial charge in [-0.05, 0) is 42.7 Å². The molecule has 0 saturated carbocycles. The number of amides is 1. The van der Waals surface area contributed by atoms with Gasteiger partial charge in [0.05, 0.1) is 6.54 Å². The van der Waals surface area contributed by atoms with Gasteiger partial charge in [-0.2, -0.15) is 0 Å². The minimum Gasteiger partial charge on any atom is -0.360 e. The minimum atomic E-state index is -0.0190. The summed E-state index contributed by atoms with van der Waals surface area (Å²) in [7, 11) is 0. The lowest BCUT2D eigenvalue weighted by Crippen LogP contribution is -2.46. The molecule has 1 aliphatic rings. The van der Waals surface area contributed by atoms with Gasteiger partial charge in [0.1, 0.15) is 0 Å². The van der Waals surface area contributed by atoms with Gasteiger partial charge in [0.15, 0.2) is 0 Å². The van der Waals surface area contributed by atoms with Crippen LogP contribution < -0.4 is 16.0 Å². The number of rotatable bonds is 3. The van der Waals surface area contributed by atoms with E-state index >= 15 is 0 Å². The Bertz CT molecular complexity index is 684. The van der Waals surface area contributed by atoms with Crippen LogP contribution in [0.5, 0.6) is 0 Å². The van der Waals surface area contributed by atoms with Crippen molar-refractivity contribution in [2.24, 2.45) is 5.73 Å². The first-order valence-corrected chi connectivity index (χ1v) is 7.57. The van der Waals surface area contributed by atoms with Crippen LogP contribution in [0, 0.1) is 6.92 Å². The van der Waals surface area contributed by atoms with Gasteiger partial charge < -0.3 is 16.0 Å². The van der Waals surface area contributed by atoms with Gasteiger partial charge >= 0.3 is 0 Å². The van der Waals surface area contributed by atoms with Crippen molar-refractivity contribution >= 4 is 17.3 Å². The van der Waals surface area contributed by atoms with Crippen LogP contribution in [-0.2, 0) is 11.2 Å². The quantitative estimate of drug-likeness (QED) is 0.913. The van der Waals surface area contributed by atoms with E-state index in [-0.39, 0.29) is 11.9 Å². The van der Waals surface area contributed by atoms with E-state index in [9.17, 15) is 4.79 Å². The number of para-hydroxylation sites is 1. The summed E-state index contributed by atoms with van der Waals surface area (Å²) in [5, 5.41) is 2.95. The Balaban J connectivity index is 1.71. The summed E-state index contributed by atoms with van der Waals surface area (Å²) in [6.07, 6.45) is 0.867. The van der Waals surface area contributed by atoms with Crippen LogP contribution in [0.2, 0.25) is 0 Å². The highest BCUT2D eigenvalue weighted by Crippen LogP contribution is 2.26. The number of aryl methyl sites for hydroxylation is 1. The third kappa shape index (κ3) is 3.28. The van der Waals surface area contributed by atoms with Crippen molar-refractivity contribution in [1.29, 1.82) is 0 Å². The highest BCUT2D eigenvalue weighted by molar-refractivity contribution is 5.94. The maximum absolute atomic E-state index is 12.3. The number of hydrogen-bond donors (Lipinski definition) is 2. The van der Waals surface area contributed by atoms with E-state index in [4.69, 9.17) is 5.73 Å². The first kappa shape index (κ1) is 14.6. The molecule has 22 heavy (non-hydrogen) atoms. The molecule has 2 aromatic rings. The molecule has 0 bridgehead atoms. The summed E-state index contributed by atoms with van der Waals surface area (Å²) in [5.74, 6) is -0.0190. The molecule has 0 spiro atoms. The van der Waals surface area contributed by atoms with Gasteiger partial charge in [-0.25, -0.2) is 0 Å². The zero-order valence-corrected chi connectivity index (χ0v) is 12.8. The summed E-state index contributed by atoms with van der Waals surface area (Å²) in [5.41, 5.74) is 10.4. The van der Waals surface area contributed by atoms with Crippen molar-refractivity contribution in [1.82, 2.24) is 0 Å². The van der Waals surface area contributed by atoms with Crippen LogP contribution in [0.4, 0.5) is 11.4 Å². The molecule has 1 heterocycles. The summed E-state index contributed by atoms with van der Waals surface area (Å²) in [6, 6.07) is 16.0. The Morgan fingerprint density at radius 1 is 1.27 bits per heavy atom. The molecule has 114 valence electrons.